The Kier molecular flexibility index (Phi) is 5.83. The molecular formula is C16H26N2O2. The third kappa shape index (κ3) is 4.78. The minimum absolute atomic E-state index is 0.340. The van der Waals surface area contributed by atoms with Gasteiger partial charge in [0, 0.05) is 19.6 Å². The number of hydrogen-bond acceptors (Lipinski definition) is 4. The number of β-amino-alcohol motifs (C(OH)–C–C–N with tert-alkyl or cyclic N) is 1. The highest BCUT2D eigenvalue weighted by Gasteiger charge is 2.19. The molecule has 1 aliphatic heterocycles. The van der Waals surface area contributed by atoms with E-state index in [0.29, 0.717) is 19.7 Å². The molecule has 0 amide bonds. The van der Waals surface area contributed by atoms with Crippen molar-refractivity contribution >= 4 is 0 Å². The van der Waals surface area contributed by atoms with Crippen LogP contribution in [0.4, 0.5) is 0 Å². The Balaban J connectivity index is 1.72. The molecule has 0 saturated carbocycles. The molecule has 4 nitrogen and oxygen atoms in total. The van der Waals surface area contributed by atoms with Crippen LogP contribution in [0.3, 0.4) is 0 Å². The third-order valence-corrected chi connectivity index (χ3v) is 3.81. The maximum absolute atomic E-state index is 10.1. The zero-order valence-electron chi connectivity index (χ0n) is 12.3. The molecule has 1 aliphatic rings. The van der Waals surface area contributed by atoms with Crippen LogP contribution >= 0.6 is 0 Å². The van der Waals surface area contributed by atoms with E-state index in [-0.39, 0.29) is 0 Å². The number of likely N-dealkylation sites (tertiary alicyclic amines) is 1. The van der Waals surface area contributed by atoms with Crippen LogP contribution in [0.5, 0.6) is 5.75 Å². The van der Waals surface area contributed by atoms with Crippen molar-refractivity contribution in [3.63, 3.8) is 0 Å². The van der Waals surface area contributed by atoms with E-state index in [2.05, 4.69) is 11.8 Å². The smallest absolute Gasteiger partial charge is 0.119 e. The molecule has 112 valence electrons. The number of aliphatic hydroxyl groups excluding tert-OH is 1. The standard InChI is InChI=1S/C16H26N2O2/c1-13-3-2-8-18(10-13)11-15(19)12-20-16-6-4-14(9-17)5-7-16/h4-7,13,15,19H,2-3,8-12,17H2,1H3. The molecule has 20 heavy (non-hydrogen) atoms. The second-order valence-electron chi connectivity index (χ2n) is 5.82. The van der Waals surface area contributed by atoms with Crippen LogP contribution in [0.2, 0.25) is 0 Å². The lowest BCUT2D eigenvalue weighted by Crippen LogP contribution is -2.41. The molecule has 1 heterocycles. The van der Waals surface area contributed by atoms with Crippen molar-refractivity contribution in [1.82, 2.24) is 4.90 Å². The maximum atomic E-state index is 10.1. The Hall–Kier alpha value is -1.10. The molecule has 1 fully saturated rings. The summed E-state index contributed by atoms with van der Waals surface area (Å²) in [5.41, 5.74) is 6.63. The van der Waals surface area contributed by atoms with E-state index >= 15 is 0 Å². The summed E-state index contributed by atoms with van der Waals surface area (Å²) >= 11 is 0. The van der Waals surface area contributed by atoms with E-state index in [1.807, 2.05) is 24.3 Å². The van der Waals surface area contributed by atoms with Gasteiger partial charge in [-0.3, -0.25) is 0 Å². The van der Waals surface area contributed by atoms with Gasteiger partial charge in [-0.1, -0.05) is 19.1 Å². The zero-order valence-corrected chi connectivity index (χ0v) is 12.3. The van der Waals surface area contributed by atoms with Crippen molar-refractivity contribution < 1.29 is 9.84 Å². The molecule has 4 heteroatoms. The van der Waals surface area contributed by atoms with Crippen molar-refractivity contribution in [2.24, 2.45) is 11.7 Å². The number of piperidine rings is 1. The highest BCUT2D eigenvalue weighted by atomic mass is 16.5. The molecule has 3 N–H and O–H groups in total. The lowest BCUT2D eigenvalue weighted by atomic mass is 10.0. The lowest BCUT2D eigenvalue weighted by Gasteiger charge is -2.32. The Bertz CT molecular complexity index is 394. The number of nitrogens with two attached hydrogens (primary N) is 1. The van der Waals surface area contributed by atoms with Crippen LogP contribution in [-0.2, 0) is 6.54 Å². The SMILES string of the molecule is CC1CCCN(CC(O)COc2ccc(CN)cc2)C1. The molecule has 2 unspecified atom stereocenters. The van der Waals surface area contributed by atoms with E-state index in [4.69, 9.17) is 10.5 Å². The molecule has 2 rings (SSSR count). The fourth-order valence-electron chi connectivity index (χ4n) is 2.72. The van der Waals surface area contributed by atoms with Gasteiger partial charge in [-0.2, -0.15) is 0 Å². The fourth-order valence-corrected chi connectivity index (χ4v) is 2.72. The lowest BCUT2D eigenvalue weighted by molar-refractivity contribution is 0.0537. The van der Waals surface area contributed by atoms with Gasteiger partial charge in [0.2, 0.25) is 0 Å². The van der Waals surface area contributed by atoms with Crippen LogP contribution in [0.25, 0.3) is 0 Å². The van der Waals surface area contributed by atoms with Gasteiger partial charge in [0.15, 0.2) is 0 Å². The van der Waals surface area contributed by atoms with Crippen molar-refractivity contribution in [2.75, 3.05) is 26.2 Å². The van der Waals surface area contributed by atoms with Gasteiger partial charge in [0.05, 0.1) is 0 Å². The van der Waals surface area contributed by atoms with Gasteiger partial charge in [-0.05, 0) is 43.0 Å². The molecule has 0 bridgehead atoms. The summed E-state index contributed by atoms with van der Waals surface area (Å²) in [6, 6.07) is 7.71. The van der Waals surface area contributed by atoms with Crippen LogP contribution in [0.15, 0.2) is 24.3 Å². The summed E-state index contributed by atoms with van der Waals surface area (Å²) in [5.74, 6) is 1.52. The fraction of sp³-hybridized carbons (Fsp3) is 0.625. The van der Waals surface area contributed by atoms with E-state index in [0.717, 1.165) is 30.3 Å². The first-order chi connectivity index (χ1) is 9.67. The van der Waals surface area contributed by atoms with E-state index in [1.165, 1.54) is 12.8 Å². The van der Waals surface area contributed by atoms with Crippen molar-refractivity contribution in [1.29, 1.82) is 0 Å². The number of benzene rings is 1. The first kappa shape index (κ1) is 15.3. The summed E-state index contributed by atoms with van der Waals surface area (Å²) in [5, 5.41) is 10.1. The predicted molar refractivity (Wildman–Crippen MR) is 80.7 cm³/mol. The first-order valence-corrected chi connectivity index (χ1v) is 7.49. The average Bonchev–Trinajstić information content (AvgIpc) is 2.46. The number of ether oxygens (including phenoxy) is 1. The Morgan fingerprint density at radius 3 is 2.80 bits per heavy atom. The number of rotatable bonds is 6. The molecule has 0 aromatic heterocycles. The summed E-state index contributed by atoms with van der Waals surface area (Å²) < 4.78 is 5.62. The average molecular weight is 278 g/mol. The summed E-state index contributed by atoms with van der Waals surface area (Å²) in [7, 11) is 0. The Labute approximate surface area is 121 Å². The van der Waals surface area contributed by atoms with Crippen LogP contribution in [0, 0.1) is 5.92 Å². The monoisotopic (exact) mass is 278 g/mol. The van der Waals surface area contributed by atoms with Crippen LogP contribution < -0.4 is 10.5 Å². The maximum Gasteiger partial charge on any atom is 0.119 e. The molecule has 0 spiro atoms. The van der Waals surface area contributed by atoms with Crippen molar-refractivity contribution in [2.45, 2.75) is 32.4 Å². The molecule has 2 atom stereocenters. The third-order valence-electron chi connectivity index (χ3n) is 3.81. The second kappa shape index (κ2) is 7.62. The molecule has 0 radical (unpaired) electrons. The van der Waals surface area contributed by atoms with E-state index in [1.54, 1.807) is 0 Å². The molecular weight excluding hydrogens is 252 g/mol. The van der Waals surface area contributed by atoms with Crippen LogP contribution in [0.1, 0.15) is 25.3 Å². The highest BCUT2D eigenvalue weighted by Crippen LogP contribution is 2.16. The van der Waals surface area contributed by atoms with E-state index < -0.39 is 6.10 Å². The first-order valence-electron chi connectivity index (χ1n) is 7.49. The highest BCUT2D eigenvalue weighted by molar-refractivity contribution is 5.27. The molecule has 1 saturated heterocycles. The largest absolute Gasteiger partial charge is 0.491 e. The topological polar surface area (TPSA) is 58.7 Å². The molecule has 1 aromatic rings. The Morgan fingerprint density at radius 2 is 2.15 bits per heavy atom. The van der Waals surface area contributed by atoms with Gasteiger partial charge >= 0.3 is 0 Å². The minimum atomic E-state index is -0.436. The quantitative estimate of drug-likeness (QED) is 0.830. The molecule has 0 aliphatic carbocycles. The zero-order chi connectivity index (χ0) is 14.4. The Morgan fingerprint density at radius 1 is 1.40 bits per heavy atom. The van der Waals surface area contributed by atoms with Gasteiger partial charge in [0.1, 0.15) is 18.5 Å². The molecule has 1 aromatic carbocycles. The van der Waals surface area contributed by atoms with Gasteiger partial charge in [0.25, 0.3) is 0 Å². The number of aliphatic hydroxyl groups is 1. The van der Waals surface area contributed by atoms with E-state index in [9.17, 15) is 5.11 Å². The summed E-state index contributed by atoms with van der Waals surface area (Å²) in [6.45, 7) is 6.02. The van der Waals surface area contributed by atoms with Gasteiger partial charge in [-0.15, -0.1) is 0 Å². The van der Waals surface area contributed by atoms with Crippen molar-refractivity contribution in [3.05, 3.63) is 29.8 Å². The minimum Gasteiger partial charge on any atom is -0.491 e. The summed E-state index contributed by atoms with van der Waals surface area (Å²) in [6.07, 6.45) is 2.10. The van der Waals surface area contributed by atoms with Crippen molar-refractivity contribution in [3.8, 4) is 5.75 Å². The van der Waals surface area contributed by atoms with Gasteiger partial charge in [-0.25, -0.2) is 0 Å². The normalized spacial score (nSPS) is 21.6. The van der Waals surface area contributed by atoms with Crippen LogP contribution in [-0.4, -0.2) is 42.4 Å². The van der Waals surface area contributed by atoms with Gasteiger partial charge < -0.3 is 20.5 Å². The second-order valence-corrected chi connectivity index (χ2v) is 5.82. The summed E-state index contributed by atoms with van der Waals surface area (Å²) in [4.78, 5) is 2.33. The number of nitrogens with zero attached hydrogens (tertiary/aromatic N) is 1. The predicted octanol–water partition coefficient (Wildman–Crippen LogP) is 1.62. The number of hydrogen-bond donors (Lipinski definition) is 2.